The highest BCUT2D eigenvalue weighted by atomic mass is 32.2. The maximum Gasteiger partial charge on any atom is 0.243 e. The number of sulfonamides is 1. The van der Waals surface area contributed by atoms with Gasteiger partial charge in [0, 0.05) is 24.5 Å². The molecule has 1 amide bonds. The van der Waals surface area contributed by atoms with E-state index in [9.17, 15) is 13.2 Å². The maximum absolute atomic E-state index is 12.7. The van der Waals surface area contributed by atoms with Gasteiger partial charge < -0.3 is 15.4 Å². The first-order valence-corrected chi connectivity index (χ1v) is 13.8. The highest BCUT2D eigenvalue weighted by molar-refractivity contribution is 8.02. The Morgan fingerprint density at radius 1 is 1.06 bits per heavy atom. The average molecular weight is 520 g/mol. The minimum Gasteiger partial charge on any atom is -0.379 e. The maximum atomic E-state index is 12.7. The molecule has 1 fully saturated rings. The second kappa shape index (κ2) is 10.8. The second-order valence-electron chi connectivity index (χ2n) is 7.65. The van der Waals surface area contributed by atoms with Crippen LogP contribution in [-0.2, 0) is 19.6 Å². The normalized spacial score (nSPS) is 15.6. The number of aryl methyl sites for hydroxylation is 1. The van der Waals surface area contributed by atoms with E-state index >= 15 is 0 Å². The van der Waals surface area contributed by atoms with Gasteiger partial charge in [-0.05, 0) is 50.2 Å². The van der Waals surface area contributed by atoms with Crippen molar-refractivity contribution in [3.05, 3.63) is 54.1 Å². The summed E-state index contributed by atoms with van der Waals surface area (Å²) >= 11 is 2.68. The Hall–Kier alpha value is -2.51. The Labute approximate surface area is 207 Å². The van der Waals surface area contributed by atoms with Gasteiger partial charge in [-0.3, -0.25) is 4.79 Å². The number of anilines is 3. The zero-order valence-corrected chi connectivity index (χ0v) is 21.2. The molecule has 0 aliphatic carbocycles. The predicted molar refractivity (Wildman–Crippen MR) is 134 cm³/mol. The average Bonchev–Trinajstić information content (AvgIpc) is 3.28. The Morgan fingerprint density at radius 3 is 2.38 bits per heavy atom. The summed E-state index contributed by atoms with van der Waals surface area (Å²) in [6.45, 7) is 5.26. The highest BCUT2D eigenvalue weighted by Crippen LogP contribution is 2.31. The number of nitrogens with one attached hydrogen (secondary N) is 2. The molecule has 0 saturated carbocycles. The topological polar surface area (TPSA) is 114 Å². The molecule has 3 aromatic rings. The summed E-state index contributed by atoms with van der Waals surface area (Å²) in [7, 11) is -3.57. The van der Waals surface area contributed by atoms with Crippen molar-refractivity contribution in [2.75, 3.05) is 36.9 Å². The molecule has 1 aromatic heterocycles. The number of hydrogen-bond acceptors (Lipinski definition) is 9. The Morgan fingerprint density at radius 2 is 1.71 bits per heavy atom. The van der Waals surface area contributed by atoms with E-state index in [-0.39, 0.29) is 10.8 Å². The number of thioether (sulfide) groups is 1. The third kappa shape index (κ3) is 6.13. The van der Waals surface area contributed by atoms with Gasteiger partial charge in [-0.25, -0.2) is 8.42 Å². The van der Waals surface area contributed by atoms with Crippen LogP contribution >= 0.6 is 23.1 Å². The number of carbonyl (C=O) groups excluding carboxylic acids is 1. The molecule has 2 N–H and O–H groups in total. The highest BCUT2D eigenvalue weighted by Gasteiger charge is 2.26. The van der Waals surface area contributed by atoms with E-state index in [0.717, 1.165) is 5.69 Å². The van der Waals surface area contributed by atoms with Crippen molar-refractivity contribution < 1.29 is 17.9 Å². The molecule has 0 unspecified atom stereocenters. The van der Waals surface area contributed by atoms with E-state index < -0.39 is 15.3 Å². The van der Waals surface area contributed by atoms with Crippen LogP contribution in [0.4, 0.5) is 16.5 Å². The molecule has 34 heavy (non-hydrogen) atoms. The van der Waals surface area contributed by atoms with Crippen LogP contribution in [-0.4, -0.2) is 60.4 Å². The van der Waals surface area contributed by atoms with Gasteiger partial charge in [-0.15, -0.1) is 10.2 Å². The summed E-state index contributed by atoms with van der Waals surface area (Å²) in [5.41, 5.74) is 2.62. The molecular formula is C22H25N5O4S3. The quantitative estimate of drug-likeness (QED) is 0.433. The van der Waals surface area contributed by atoms with E-state index in [4.69, 9.17) is 4.74 Å². The van der Waals surface area contributed by atoms with Crippen LogP contribution in [0.5, 0.6) is 0 Å². The summed E-state index contributed by atoms with van der Waals surface area (Å²) in [6, 6.07) is 14.2. The molecule has 1 saturated heterocycles. The first-order valence-electron chi connectivity index (χ1n) is 10.6. The van der Waals surface area contributed by atoms with Crippen LogP contribution in [0.3, 0.4) is 0 Å². The number of hydrogen-bond donors (Lipinski definition) is 2. The number of nitrogens with zero attached hydrogens (tertiary/aromatic N) is 3. The number of rotatable bonds is 8. The van der Waals surface area contributed by atoms with Crippen molar-refractivity contribution >= 4 is 55.5 Å². The van der Waals surface area contributed by atoms with Gasteiger partial charge in [0.05, 0.1) is 23.4 Å². The lowest BCUT2D eigenvalue weighted by molar-refractivity contribution is -0.115. The molecular weight excluding hydrogens is 494 g/mol. The monoisotopic (exact) mass is 519 g/mol. The molecule has 1 atom stereocenters. The zero-order valence-electron chi connectivity index (χ0n) is 18.7. The summed E-state index contributed by atoms with van der Waals surface area (Å²) in [4.78, 5) is 12.8. The first kappa shape index (κ1) is 24.6. The van der Waals surface area contributed by atoms with Crippen LogP contribution < -0.4 is 10.6 Å². The van der Waals surface area contributed by atoms with Crippen LogP contribution in [0, 0.1) is 6.92 Å². The van der Waals surface area contributed by atoms with E-state index in [1.165, 1.54) is 45.1 Å². The first-order chi connectivity index (χ1) is 16.3. The largest absolute Gasteiger partial charge is 0.379 e. The fourth-order valence-corrected chi connectivity index (χ4v) is 6.49. The van der Waals surface area contributed by atoms with Crippen molar-refractivity contribution in [2.24, 2.45) is 0 Å². The lowest BCUT2D eigenvalue weighted by atomic mass is 10.2. The molecule has 0 radical (unpaired) electrons. The van der Waals surface area contributed by atoms with Crippen LogP contribution in [0.15, 0.2) is 57.8 Å². The molecule has 0 spiro atoms. The summed E-state index contributed by atoms with van der Waals surface area (Å²) in [6.07, 6.45) is 0. The fraction of sp³-hybridized carbons (Fsp3) is 0.318. The molecule has 2 heterocycles. The molecule has 4 rings (SSSR count). The van der Waals surface area contributed by atoms with Gasteiger partial charge in [0.2, 0.25) is 21.1 Å². The third-order valence-corrected chi connectivity index (χ3v) is 9.02. The number of morpholine rings is 1. The predicted octanol–water partition coefficient (Wildman–Crippen LogP) is 3.73. The second-order valence-corrected chi connectivity index (χ2v) is 12.2. The molecule has 2 aromatic carbocycles. The number of aromatic nitrogens is 2. The van der Waals surface area contributed by atoms with Gasteiger partial charge in [0.25, 0.3) is 0 Å². The fourth-order valence-electron chi connectivity index (χ4n) is 3.16. The summed E-state index contributed by atoms with van der Waals surface area (Å²) in [5.74, 6) is -0.211. The molecule has 180 valence electrons. The number of benzene rings is 2. The SMILES string of the molecule is Cc1ccc(Nc2nnc(S[C@@H](C)C(=O)Nc3ccc(S(=O)(=O)N4CCOCC4)cc3)s2)cc1. The molecule has 1 aliphatic heterocycles. The van der Waals surface area contributed by atoms with Crippen LogP contribution in [0.2, 0.25) is 0 Å². The lowest BCUT2D eigenvalue weighted by Crippen LogP contribution is -2.40. The van der Waals surface area contributed by atoms with Crippen molar-refractivity contribution in [2.45, 2.75) is 28.3 Å². The van der Waals surface area contributed by atoms with Gasteiger partial charge in [-0.1, -0.05) is 40.8 Å². The molecule has 9 nitrogen and oxygen atoms in total. The summed E-state index contributed by atoms with van der Waals surface area (Å²) < 4.78 is 32.8. The smallest absolute Gasteiger partial charge is 0.243 e. The molecule has 0 bridgehead atoms. The number of carbonyl (C=O) groups is 1. The molecule has 12 heteroatoms. The van der Waals surface area contributed by atoms with Crippen molar-refractivity contribution in [3.8, 4) is 0 Å². The van der Waals surface area contributed by atoms with Crippen molar-refractivity contribution in [1.82, 2.24) is 14.5 Å². The van der Waals surface area contributed by atoms with Gasteiger partial charge >= 0.3 is 0 Å². The summed E-state index contributed by atoms with van der Waals surface area (Å²) in [5, 5.41) is 14.5. The minimum atomic E-state index is -3.57. The zero-order chi connectivity index (χ0) is 24.1. The molecule has 1 aliphatic rings. The van der Waals surface area contributed by atoms with E-state index in [1.54, 1.807) is 19.1 Å². The lowest BCUT2D eigenvalue weighted by Gasteiger charge is -2.26. The third-order valence-electron chi connectivity index (χ3n) is 5.09. The van der Waals surface area contributed by atoms with Gasteiger partial charge in [0.1, 0.15) is 0 Å². The minimum absolute atomic E-state index is 0.192. The Kier molecular flexibility index (Phi) is 7.84. The number of amides is 1. The van der Waals surface area contributed by atoms with E-state index in [1.807, 2.05) is 31.2 Å². The van der Waals surface area contributed by atoms with E-state index in [0.29, 0.717) is 41.5 Å². The van der Waals surface area contributed by atoms with Crippen LogP contribution in [0.1, 0.15) is 12.5 Å². The van der Waals surface area contributed by atoms with Crippen molar-refractivity contribution in [3.63, 3.8) is 0 Å². The standard InChI is InChI=1S/C22H25N5O4S3/c1-15-3-5-18(6-4-15)24-21-25-26-22(33-21)32-16(2)20(28)23-17-7-9-19(10-8-17)34(29,30)27-11-13-31-14-12-27/h3-10,16H,11-14H2,1-2H3,(H,23,28)(H,24,25)/t16-/m0/s1. The van der Waals surface area contributed by atoms with Gasteiger partial charge in [0.15, 0.2) is 4.34 Å². The van der Waals surface area contributed by atoms with Crippen molar-refractivity contribution in [1.29, 1.82) is 0 Å². The van der Waals surface area contributed by atoms with Gasteiger partial charge in [-0.2, -0.15) is 4.31 Å². The van der Waals surface area contributed by atoms with E-state index in [2.05, 4.69) is 20.8 Å². The van der Waals surface area contributed by atoms with Crippen LogP contribution in [0.25, 0.3) is 0 Å². The Bertz CT molecular complexity index is 1220. The Balaban J connectivity index is 1.32. The number of ether oxygens (including phenoxy) is 1.